The van der Waals surface area contributed by atoms with Crippen molar-refractivity contribution < 1.29 is 9.59 Å². The Kier molecular flexibility index (Phi) is 4.32. The summed E-state index contributed by atoms with van der Waals surface area (Å²) in [4.78, 5) is 32.7. The number of pyridine rings is 1. The van der Waals surface area contributed by atoms with E-state index in [0.717, 1.165) is 16.3 Å². The fourth-order valence-corrected chi connectivity index (χ4v) is 3.91. The lowest BCUT2D eigenvalue weighted by Gasteiger charge is -2.38. The van der Waals surface area contributed by atoms with Crippen LogP contribution in [0.1, 0.15) is 19.5 Å². The standard InChI is InChI=1S/C18H19N3O2S/c1-4-21-13-9-5-6-10-14(13)24-18(3,17(21)23)16(22)20-15-11-7-8-12(2)19-15/h5-11H,4H2,1-3H3,(H,19,20,22). The summed E-state index contributed by atoms with van der Waals surface area (Å²) < 4.78 is -1.23. The van der Waals surface area contributed by atoms with Gasteiger partial charge in [0.25, 0.3) is 11.8 Å². The maximum atomic E-state index is 13.0. The quantitative estimate of drug-likeness (QED) is 0.871. The third kappa shape index (κ3) is 2.78. The Bertz CT molecular complexity index is 808. The van der Waals surface area contributed by atoms with E-state index in [1.165, 1.54) is 11.8 Å². The second-order valence-electron chi connectivity index (χ2n) is 5.77. The van der Waals surface area contributed by atoms with E-state index >= 15 is 0 Å². The van der Waals surface area contributed by atoms with Gasteiger partial charge in [-0.3, -0.25) is 9.59 Å². The van der Waals surface area contributed by atoms with Crippen molar-refractivity contribution in [3.63, 3.8) is 0 Å². The van der Waals surface area contributed by atoms with Gasteiger partial charge in [-0.05, 0) is 45.0 Å². The first-order valence-electron chi connectivity index (χ1n) is 7.81. The van der Waals surface area contributed by atoms with Crippen LogP contribution in [0.15, 0.2) is 47.4 Å². The van der Waals surface area contributed by atoms with Crippen LogP contribution >= 0.6 is 11.8 Å². The molecule has 6 heteroatoms. The number of carbonyl (C=O) groups is 2. The zero-order chi connectivity index (χ0) is 17.3. The Hall–Kier alpha value is -2.34. The van der Waals surface area contributed by atoms with Crippen LogP contribution in [0.2, 0.25) is 0 Å². The summed E-state index contributed by atoms with van der Waals surface area (Å²) in [5.41, 5.74) is 1.66. The Morgan fingerprint density at radius 1 is 1.25 bits per heavy atom. The van der Waals surface area contributed by atoms with Crippen molar-refractivity contribution in [2.24, 2.45) is 0 Å². The lowest BCUT2D eigenvalue weighted by molar-refractivity contribution is -0.128. The largest absolute Gasteiger partial charge is 0.310 e. The van der Waals surface area contributed by atoms with Gasteiger partial charge in [-0.2, -0.15) is 0 Å². The molecule has 0 saturated heterocycles. The Labute approximate surface area is 145 Å². The molecule has 1 unspecified atom stereocenters. The number of thioether (sulfide) groups is 1. The Balaban J connectivity index is 1.94. The summed E-state index contributed by atoms with van der Waals surface area (Å²) in [6.45, 7) is 5.95. The van der Waals surface area contributed by atoms with E-state index in [0.29, 0.717) is 12.4 Å². The van der Waals surface area contributed by atoms with Crippen LogP contribution in [0.4, 0.5) is 11.5 Å². The third-order valence-electron chi connectivity index (χ3n) is 4.00. The predicted octanol–water partition coefficient (Wildman–Crippen LogP) is 3.25. The predicted molar refractivity (Wildman–Crippen MR) is 96.3 cm³/mol. The van der Waals surface area contributed by atoms with Gasteiger partial charge in [0, 0.05) is 17.1 Å². The number of hydrogen-bond donors (Lipinski definition) is 1. The van der Waals surface area contributed by atoms with Gasteiger partial charge < -0.3 is 10.2 Å². The number of fused-ring (bicyclic) bond motifs is 1. The van der Waals surface area contributed by atoms with Crippen LogP contribution in [-0.2, 0) is 9.59 Å². The van der Waals surface area contributed by atoms with Crippen molar-refractivity contribution in [3.8, 4) is 0 Å². The molecule has 3 rings (SSSR count). The highest BCUT2D eigenvalue weighted by atomic mass is 32.2. The van der Waals surface area contributed by atoms with Gasteiger partial charge in [0.15, 0.2) is 4.75 Å². The van der Waals surface area contributed by atoms with Gasteiger partial charge in [0.05, 0.1) is 5.69 Å². The van der Waals surface area contributed by atoms with E-state index in [4.69, 9.17) is 0 Å². The van der Waals surface area contributed by atoms with Gasteiger partial charge >= 0.3 is 0 Å². The molecule has 5 nitrogen and oxygen atoms in total. The van der Waals surface area contributed by atoms with E-state index in [1.54, 1.807) is 17.9 Å². The van der Waals surface area contributed by atoms with Gasteiger partial charge in [0.2, 0.25) is 0 Å². The van der Waals surface area contributed by atoms with Crippen molar-refractivity contribution >= 4 is 35.1 Å². The maximum absolute atomic E-state index is 13.0. The molecule has 0 bridgehead atoms. The molecule has 2 heterocycles. The van der Waals surface area contributed by atoms with Gasteiger partial charge in [0.1, 0.15) is 5.82 Å². The van der Waals surface area contributed by atoms with E-state index in [9.17, 15) is 9.59 Å². The zero-order valence-electron chi connectivity index (χ0n) is 13.9. The first-order chi connectivity index (χ1) is 11.5. The van der Waals surface area contributed by atoms with Crippen molar-refractivity contribution in [1.29, 1.82) is 0 Å². The molecule has 0 spiro atoms. The number of nitrogens with zero attached hydrogens (tertiary/aromatic N) is 2. The topological polar surface area (TPSA) is 62.3 Å². The number of para-hydroxylation sites is 1. The molecule has 1 aliphatic rings. The summed E-state index contributed by atoms with van der Waals surface area (Å²) in [7, 11) is 0. The van der Waals surface area contributed by atoms with Gasteiger partial charge in [-0.15, -0.1) is 0 Å². The second-order valence-corrected chi connectivity index (χ2v) is 7.23. The minimum atomic E-state index is -1.23. The van der Waals surface area contributed by atoms with Gasteiger partial charge in [-0.1, -0.05) is 30.0 Å². The highest BCUT2D eigenvalue weighted by Crippen LogP contribution is 2.45. The summed E-state index contributed by atoms with van der Waals surface area (Å²) in [5.74, 6) is -0.112. The second kappa shape index (κ2) is 6.28. The highest BCUT2D eigenvalue weighted by Gasteiger charge is 2.49. The fraction of sp³-hybridized carbons (Fsp3) is 0.278. The minimum absolute atomic E-state index is 0.209. The molecule has 0 saturated carbocycles. The monoisotopic (exact) mass is 341 g/mol. The Morgan fingerprint density at radius 3 is 2.71 bits per heavy atom. The number of nitrogens with one attached hydrogen (secondary N) is 1. The van der Waals surface area contributed by atoms with E-state index in [1.807, 2.05) is 50.2 Å². The van der Waals surface area contributed by atoms with Crippen LogP contribution in [0.25, 0.3) is 0 Å². The third-order valence-corrected chi connectivity index (χ3v) is 5.34. The molecular weight excluding hydrogens is 322 g/mol. The van der Waals surface area contributed by atoms with E-state index < -0.39 is 4.75 Å². The average Bonchev–Trinajstić information content (AvgIpc) is 2.56. The molecule has 24 heavy (non-hydrogen) atoms. The fourth-order valence-electron chi connectivity index (χ4n) is 2.70. The summed E-state index contributed by atoms with van der Waals surface area (Å²) in [6, 6.07) is 13.0. The van der Waals surface area contributed by atoms with Crippen LogP contribution in [-0.4, -0.2) is 28.1 Å². The molecule has 2 aromatic rings. The highest BCUT2D eigenvalue weighted by molar-refractivity contribution is 8.02. The molecule has 0 aliphatic carbocycles. The average molecular weight is 341 g/mol. The molecule has 0 fully saturated rings. The first-order valence-corrected chi connectivity index (χ1v) is 8.62. The number of hydrogen-bond acceptors (Lipinski definition) is 4. The van der Waals surface area contributed by atoms with Crippen LogP contribution < -0.4 is 10.2 Å². The molecule has 124 valence electrons. The molecule has 1 N–H and O–H groups in total. The van der Waals surface area contributed by atoms with Crippen molar-refractivity contribution in [1.82, 2.24) is 4.98 Å². The number of carbonyl (C=O) groups excluding carboxylic acids is 2. The van der Waals surface area contributed by atoms with Crippen LogP contribution in [0.3, 0.4) is 0 Å². The first kappa shape index (κ1) is 16.5. The number of rotatable bonds is 3. The number of aromatic nitrogens is 1. The van der Waals surface area contributed by atoms with Crippen molar-refractivity contribution in [3.05, 3.63) is 48.2 Å². The molecular formula is C18H19N3O2S. The van der Waals surface area contributed by atoms with Gasteiger partial charge in [-0.25, -0.2) is 4.98 Å². The smallest absolute Gasteiger partial charge is 0.252 e. The SMILES string of the molecule is CCN1C(=O)C(C)(C(=O)Nc2cccc(C)n2)Sc2ccccc21. The van der Waals surface area contributed by atoms with Crippen LogP contribution in [0.5, 0.6) is 0 Å². The lowest BCUT2D eigenvalue weighted by atomic mass is 10.1. The summed E-state index contributed by atoms with van der Waals surface area (Å²) in [6.07, 6.45) is 0. The number of aryl methyl sites for hydroxylation is 1. The summed E-state index contributed by atoms with van der Waals surface area (Å²) in [5, 5.41) is 2.78. The molecule has 1 aliphatic heterocycles. The molecule has 1 aromatic heterocycles. The van der Waals surface area contributed by atoms with Crippen molar-refractivity contribution in [2.45, 2.75) is 30.4 Å². The number of amides is 2. The lowest BCUT2D eigenvalue weighted by Crippen LogP contribution is -2.54. The molecule has 2 amide bonds. The minimum Gasteiger partial charge on any atom is -0.310 e. The summed E-state index contributed by atoms with van der Waals surface area (Å²) >= 11 is 1.29. The van der Waals surface area contributed by atoms with Crippen molar-refractivity contribution in [2.75, 3.05) is 16.8 Å². The normalized spacial score (nSPS) is 19.8. The van der Waals surface area contributed by atoms with Crippen LogP contribution in [0, 0.1) is 6.92 Å². The number of benzene rings is 1. The maximum Gasteiger partial charge on any atom is 0.252 e. The Morgan fingerprint density at radius 2 is 2.00 bits per heavy atom. The molecule has 1 atom stereocenters. The molecule has 1 aromatic carbocycles. The molecule has 0 radical (unpaired) electrons. The zero-order valence-corrected chi connectivity index (χ0v) is 14.7. The van der Waals surface area contributed by atoms with E-state index in [-0.39, 0.29) is 11.8 Å². The number of anilines is 2. The van der Waals surface area contributed by atoms with E-state index in [2.05, 4.69) is 10.3 Å².